The van der Waals surface area contributed by atoms with E-state index in [-0.39, 0.29) is 12.1 Å². The molecule has 0 spiro atoms. The smallest absolute Gasteiger partial charge is 0.315 e. The van der Waals surface area contributed by atoms with Crippen molar-refractivity contribution >= 4 is 22.0 Å². The first-order valence-corrected chi connectivity index (χ1v) is 7.32. The minimum absolute atomic E-state index is 0.00425. The zero-order valence-corrected chi connectivity index (χ0v) is 12.4. The summed E-state index contributed by atoms with van der Waals surface area (Å²) in [6.45, 7) is 0.361. The number of carbonyl (C=O) groups excluding carboxylic acids is 1. The van der Waals surface area contributed by atoms with E-state index in [2.05, 4.69) is 36.8 Å². The Labute approximate surface area is 124 Å². The van der Waals surface area contributed by atoms with E-state index in [1.165, 1.54) is 5.56 Å². The summed E-state index contributed by atoms with van der Waals surface area (Å²) >= 11 is 3.23. The number of aryl methyl sites for hydroxylation is 1. The first-order valence-electron chi connectivity index (χ1n) is 6.53. The number of hydrogen-bond acceptors (Lipinski definition) is 3. The van der Waals surface area contributed by atoms with Gasteiger partial charge in [-0.3, -0.25) is 5.10 Å². The minimum Gasteiger partial charge on any atom is -0.452 e. The number of halogens is 1. The van der Waals surface area contributed by atoms with Crippen molar-refractivity contribution in [2.45, 2.75) is 31.8 Å². The van der Waals surface area contributed by atoms with E-state index in [4.69, 9.17) is 4.42 Å². The molecule has 6 nitrogen and oxygen atoms in total. The van der Waals surface area contributed by atoms with Crippen LogP contribution in [0, 0.1) is 0 Å². The van der Waals surface area contributed by atoms with Gasteiger partial charge in [0.15, 0.2) is 4.67 Å². The molecule has 2 aromatic rings. The number of fused-ring (bicyclic) bond motifs is 1. The quantitative estimate of drug-likeness (QED) is 0.804. The molecule has 0 unspecified atom stereocenters. The Morgan fingerprint density at radius 2 is 2.45 bits per heavy atom. The third kappa shape index (κ3) is 2.87. The van der Waals surface area contributed by atoms with Crippen molar-refractivity contribution in [3.63, 3.8) is 0 Å². The molecule has 3 N–H and O–H groups in total. The molecule has 3 rings (SSSR count). The third-order valence-electron chi connectivity index (χ3n) is 3.40. The van der Waals surface area contributed by atoms with Crippen LogP contribution in [0.25, 0.3) is 0 Å². The molecular weight excluding hydrogens is 324 g/mol. The largest absolute Gasteiger partial charge is 0.452 e. The summed E-state index contributed by atoms with van der Waals surface area (Å²) in [6, 6.07) is 3.42. The molecule has 0 aromatic carbocycles. The van der Waals surface area contributed by atoms with Gasteiger partial charge in [0.25, 0.3) is 0 Å². The Hall–Kier alpha value is -1.76. The highest BCUT2D eigenvalue weighted by Crippen LogP contribution is 2.27. The van der Waals surface area contributed by atoms with E-state index in [1.54, 1.807) is 6.07 Å². The van der Waals surface area contributed by atoms with Gasteiger partial charge in [0, 0.05) is 0 Å². The molecule has 1 aliphatic rings. The normalized spacial score (nSPS) is 17.6. The van der Waals surface area contributed by atoms with E-state index in [1.807, 2.05) is 12.3 Å². The van der Waals surface area contributed by atoms with Crippen LogP contribution in [0.15, 0.2) is 27.4 Å². The van der Waals surface area contributed by atoms with Gasteiger partial charge in [-0.2, -0.15) is 5.10 Å². The standard InChI is InChI=1S/C13H15BrN4O2/c14-11-5-4-9(20-11)7-15-13(19)17-10-3-1-2-8-6-16-18-12(8)10/h4-6,10H,1-3,7H2,(H,16,18)(H2,15,17,19)/t10-/m0/s1. The second-order valence-corrected chi connectivity index (χ2v) is 5.57. The Kier molecular flexibility index (Phi) is 3.77. The number of aromatic amines is 1. The Morgan fingerprint density at radius 3 is 3.25 bits per heavy atom. The van der Waals surface area contributed by atoms with Crippen LogP contribution in [0.4, 0.5) is 4.79 Å². The molecule has 0 aliphatic heterocycles. The number of carbonyl (C=O) groups is 1. The second kappa shape index (κ2) is 5.70. The maximum atomic E-state index is 11.9. The second-order valence-electron chi connectivity index (χ2n) is 4.79. The number of aromatic nitrogens is 2. The van der Waals surface area contributed by atoms with Crippen molar-refractivity contribution in [2.75, 3.05) is 0 Å². The molecule has 1 atom stereocenters. The zero-order chi connectivity index (χ0) is 13.9. The minimum atomic E-state index is -0.204. The fraction of sp³-hybridized carbons (Fsp3) is 0.385. The SMILES string of the molecule is O=C(NCc1ccc(Br)o1)N[C@H]1CCCc2cn[nH]c21. The van der Waals surface area contributed by atoms with E-state index in [0.29, 0.717) is 17.0 Å². The summed E-state index contributed by atoms with van der Waals surface area (Å²) < 4.78 is 5.98. The molecule has 20 heavy (non-hydrogen) atoms. The number of urea groups is 1. The molecular formula is C13H15BrN4O2. The highest BCUT2D eigenvalue weighted by Gasteiger charge is 2.23. The predicted molar refractivity (Wildman–Crippen MR) is 76.0 cm³/mol. The van der Waals surface area contributed by atoms with Gasteiger partial charge in [-0.1, -0.05) is 0 Å². The number of nitrogens with zero attached hydrogens (tertiary/aromatic N) is 1. The van der Waals surface area contributed by atoms with Crippen LogP contribution in [0.3, 0.4) is 0 Å². The van der Waals surface area contributed by atoms with Crippen LogP contribution in [-0.2, 0) is 13.0 Å². The van der Waals surface area contributed by atoms with Crippen molar-refractivity contribution in [3.05, 3.63) is 40.0 Å². The summed E-state index contributed by atoms with van der Waals surface area (Å²) in [7, 11) is 0. The van der Waals surface area contributed by atoms with Crippen LogP contribution in [0.1, 0.15) is 35.9 Å². The molecule has 0 saturated heterocycles. The molecule has 0 radical (unpaired) electrons. The van der Waals surface area contributed by atoms with Crippen molar-refractivity contribution in [1.82, 2.24) is 20.8 Å². The van der Waals surface area contributed by atoms with Crippen LogP contribution in [0.2, 0.25) is 0 Å². The lowest BCUT2D eigenvalue weighted by molar-refractivity contribution is 0.234. The highest BCUT2D eigenvalue weighted by atomic mass is 79.9. The number of amides is 2. The van der Waals surface area contributed by atoms with Gasteiger partial charge in [0.05, 0.1) is 24.5 Å². The average molecular weight is 339 g/mol. The summed E-state index contributed by atoms with van der Waals surface area (Å²) in [5, 5.41) is 12.8. The van der Waals surface area contributed by atoms with Crippen LogP contribution in [0.5, 0.6) is 0 Å². The lowest BCUT2D eigenvalue weighted by atomic mass is 9.94. The summed E-state index contributed by atoms with van der Waals surface area (Å²) in [4.78, 5) is 11.9. The lowest BCUT2D eigenvalue weighted by Gasteiger charge is -2.22. The van der Waals surface area contributed by atoms with Crippen LogP contribution < -0.4 is 10.6 Å². The van der Waals surface area contributed by atoms with Gasteiger partial charge >= 0.3 is 6.03 Å². The number of furan rings is 1. The van der Waals surface area contributed by atoms with Gasteiger partial charge in [0.2, 0.25) is 0 Å². The topological polar surface area (TPSA) is 82.9 Å². The molecule has 0 fully saturated rings. The van der Waals surface area contributed by atoms with E-state index in [0.717, 1.165) is 25.0 Å². The number of nitrogens with one attached hydrogen (secondary N) is 3. The Morgan fingerprint density at radius 1 is 1.55 bits per heavy atom. The maximum absolute atomic E-state index is 11.9. The number of rotatable bonds is 3. The lowest BCUT2D eigenvalue weighted by Crippen LogP contribution is -2.38. The first kappa shape index (κ1) is 13.2. The molecule has 2 aromatic heterocycles. The van der Waals surface area contributed by atoms with E-state index >= 15 is 0 Å². The zero-order valence-electron chi connectivity index (χ0n) is 10.8. The molecule has 2 heterocycles. The van der Waals surface area contributed by atoms with Crippen molar-refractivity contribution in [1.29, 1.82) is 0 Å². The van der Waals surface area contributed by atoms with Crippen LogP contribution >= 0.6 is 15.9 Å². The van der Waals surface area contributed by atoms with E-state index in [9.17, 15) is 4.79 Å². The monoisotopic (exact) mass is 338 g/mol. The van der Waals surface area contributed by atoms with Gasteiger partial charge in [-0.05, 0) is 52.9 Å². The maximum Gasteiger partial charge on any atom is 0.315 e. The molecule has 0 bridgehead atoms. The van der Waals surface area contributed by atoms with Gasteiger partial charge < -0.3 is 15.1 Å². The predicted octanol–water partition coefficient (Wildman–Crippen LogP) is 2.64. The first-order chi connectivity index (χ1) is 9.72. The van der Waals surface area contributed by atoms with Crippen molar-refractivity contribution in [2.24, 2.45) is 0 Å². The summed E-state index contributed by atoms with van der Waals surface area (Å²) in [5.41, 5.74) is 2.21. The fourth-order valence-electron chi connectivity index (χ4n) is 2.43. The van der Waals surface area contributed by atoms with Gasteiger partial charge in [-0.25, -0.2) is 4.79 Å². The van der Waals surface area contributed by atoms with Crippen LogP contribution in [-0.4, -0.2) is 16.2 Å². The summed E-state index contributed by atoms with van der Waals surface area (Å²) in [5.74, 6) is 0.706. The van der Waals surface area contributed by atoms with Gasteiger partial charge in [-0.15, -0.1) is 0 Å². The van der Waals surface area contributed by atoms with Crippen molar-refractivity contribution < 1.29 is 9.21 Å². The summed E-state index contributed by atoms with van der Waals surface area (Å²) in [6.07, 6.45) is 4.84. The molecule has 2 amide bonds. The Bertz CT molecular complexity index is 607. The third-order valence-corrected chi connectivity index (χ3v) is 3.82. The number of hydrogen-bond donors (Lipinski definition) is 3. The van der Waals surface area contributed by atoms with Gasteiger partial charge in [0.1, 0.15) is 5.76 Å². The number of H-pyrrole nitrogens is 1. The van der Waals surface area contributed by atoms with Crippen molar-refractivity contribution in [3.8, 4) is 0 Å². The highest BCUT2D eigenvalue weighted by molar-refractivity contribution is 9.10. The molecule has 0 saturated carbocycles. The molecule has 1 aliphatic carbocycles. The average Bonchev–Trinajstić information content (AvgIpc) is 3.05. The fourth-order valence-corrected chi connectivity index (χ4v) is 2.77. The Balaban J connectivity index is 1.55. The molecule has 106 valence electrons. The van der Waals surface area contributed by atoms with E-state index < -0.39 is 0 Å². The molecule has 7 heteroatoms.